The van der Waals surface area contributed by atoms with E-state index in [0.29, 0.717) is 36.0 Å². The zero-order valence-electron chi connectivity index (χ0n) is 15.9. The van der Waals surface area contributed by atoms with Crippen LogP contribution in [0, 0.1) is 25.7 Å². The fourth-order valence-corrected chi connectivity index (χ4v) is 5.18. The van der Waals surface area contributed by atoms with Crippen molar-refractivity contribution in [2.75, 3.05) is 19.6 Å². The van der Waals surface area contributed by atoms with Gasteiger partial charge in [-0.1, -0.05) is 35.7 Å². The van der Waals surface area contributed by atoms with Gasteiger partial charge in [-0.2, -0.15) is 0 Å². The number of aromatic nitrogens is 2. The highest BCUT2D eigenvalue weighted by Gasteiger charge is 2.50. The number of benzene rings is 1. The highest BCUT2D eigenvalue weighted by atomic mass is 32.1. The van der Waals surface area contributed by atoms with Crippen molar-refractivity contribution in [1.82, 2.24) is 19.4 Å². The fourth-order valence-electron chi connectivity index (χ4n) is 4.56. The molecule has 0 radical (unpaired) electrons. The van der Waals surface area contributed by atoms with Crippen molar-refractivity contribution in [1.29, 1.82) is 0 Å². The predicted octanol–water partition coefficient (Wildman–Crippen LogP) is 2.84. The van der Waals surface area contributed by atoms with Crippen LogP contribution in [0.4, 0.5) is 0 Å². The summed E-state index contributed by atoms with van der Waals surface area (Å²) in [5.74, 6) is 0.800. The zero-order valence-corrected chi connectivity index (χ0v) is 16.7. The molecule has 2 aliphatic rings. The SMILES string of the molecule is CCC(=O)N1C[C@@H]2CN(C(=O)c3snnc3C)C[C@@H]2[C@H]1c1ccccc1C. The van der Waals surface area contributed by atoms with Crippen molar-refractivity contribution in [2.24, 2.45) is 11.8 Å². The van der Waals surface area contributed by atoms with Gasteiger partial charge in [-0.15, -0.1) is 5.10 Å². The second kappa shape index (κ2) is 7.03. The van der Waals surface area contributed by atoms with Gasteiger partial charge < -0.3 is 9.80 Å². The van der Waals surface area contributed by atoms with Crippen LogP contribution in [-0.2, 0) is 4.79 Å². The summed E-state index contributed by atoms with van der Waals surface area (Å²) >= 11 is 1.16. The number of hydrogen-bond donors (Lipinski definition) is 0. The van der Waals surface area contributed by atoms with Crippen LogP contribution in [0.3, 0.4) is 0 Å². The summed E-state index contributed by atoms with van der Waals surface area (Å²) < 4.78 is 3.90. The van der Waals surface area contributed by atoms with Gasteiger partial charge in [-0.3, -0.25) is 9.59 Å². The minimum Gasteiger partial charge on any atom is -0.337 e. The number of carbonyl (C=O) groups is 2. The standard InChI is InChI=1S/C20H24N4O2S/c1-4-17(25)24-10-14-9-23(20(26)19-13(3)21-22-27-19)11-16(14)18(24)15-8-6-5-7-12(15)2/h5-8,14,16,18H,4,9-11H2,1-3H3/t14-,16-,18+/m0/s1. The molecule has 3 heterocycles. The molecule has 2 aliphatic heterocycles. The van der Waals surface area contributed by atoms with Crippen molar-refractivity contribution in [3.05, 3.63) is 46.0 Å². The molecule has 1 aromatic carbocycles. The Bertz CT molecular complexity index is 880. The first-order chi connectivity index (χ1) is 13.0. The normalized spacial score (nSPS) is 24.3. The van der Waals surface area contributed by atoms with Gasteiger partial charge in [0.05, 0.1) is 11.7 Å². The highest BCUT2D eigenvalue weighted by Crippen LogP contribution is 2.46. The molecule has 6 nitrogen and oxygen atoms in total. The Labute approximate surface area is 163 Å². The van der Waals surface area contributed by atoms with E-state index in [1.165, 1.54) is 11.1 Å². The molecule has 0 bridgehead atoms. The van der Waals surface area contributed by atoms with Crippen LogP contribution in [0.5, 0.6) is 0 Å². The molecule has 2 fully saturated rings. The first-order valence-corrected chi connectivity index (χ1v) is 10.2. The lowest BCUT2D eigenvalue weighted by Crippen LogP contribution is -2.37. The third-order valence-electron chi connectivity index (χ3n) is 5.93. The van der Waals surface area contributed by atoms with Gasteiger partial charge in [0.2, 0.25) is 5.91 Å². The maximum Gasteiger partial charge on any atom is 0.267 e. The molecule has 3 atom stereocenters. The zero-order chi connectivity index (χ0) is 19.1. The van der Waals surface area contributed by atoms with E-state index in [0.717, 1.165) is 18.1 Å². The van der Waals surface area contributed by atoms with E-state index in [2.05, 4.69) is 28.6 Å². The second-order valence-electron chi connectivity index (χ2n) is 7.52. The number of rotatable bonds is 3. The molecular formula is C20H24N4O2S. The molecule has 4 rings (SSSR count). The van der Waals surface area contributed by atoms with Gasteiger partial charge in [0, 0.05) is 37.9 Å². The summed E-state index contributed by atoms with van der Waals surface area (Å²) in [7, 11) is 0. The van der Waals surface area contributed by atoms with E-state index in [1.807, 2.05) is 35.8 Å². The van der Waals surface area contributed by atoms with E-state index in [9.17, 15) is 9.59 Å². The number of hydrogen-bond acceptors (Lipinski definition) is 5. The van der Waals surface area contributed by atoms with Crippen molar-refractivity contribution in [2.45, 2.75) is 33.2 Å². The van der Waals surface area contributed by atoms with E-state index in [1.54, 1.807) is 0 Å². The van der Waals surface area contributed by atoms with E-state index in [4.69, 9.17) is 0 Å². The first kappa shape index (κ1) is 18.1. The molecule has 0 unspecified atom stereocenters. The Balaban J connectivity index is 1.63. The quantitative estimate of drug-likeness (QED) is 0.816. The molecule has 7 heteroatoms. The minimum absolute atomic E-state index is 0.0220. The van der Waals surface area contributed by atoms with Crippen LogP contribution in [-0.4, -0.2) is 50.8 Å². The van der Waals surface area contributed by atoms with E-state index in [-0.39, 0.29) is 23.8 Å². The third-order valence-corrected chi connectivity index (χ3v) is 6.74. The first-order valence-electron chi connectivity index (χ1n) is 9.44. The van der Waals surface area contributed by atoms with E-state index < -0.39 is 0 Å². The van der Waals surface area contributed by atoms with E-state index >= 15 is 0 Å². The second-order valence-corrected chi connectivity index (χ2v) is 8.28. The molecule has 0 saturated carbocycles. The largest absolute Gasteiger partial charge is 0.337 e. The smallest absolute Gasteiger partial charge is 0.267 e. The van der Waals surface area contributed by atoms with Crippen LogP contribution < -0.4 is 0 Å². The lowest BCUT2D eigenvalue weighted by atomic mass is 9.87. The maximum absolute atomic E-state index is 12.9. The molecule has 2 amide bonds. The molecule has 0 N–H and O–H groups in total. The van der Waals surface area contributed by atoms with Gasteiger partial charge in [-0.25, -0.2) is 0 Å². The number of nitrogens with zero attached hydrogens (tertiary/aromatic N) is 4. The minimum atomic E-state index is 0.0220. The number of fused-ring (bicyclic) bond motifs is 1. The molecule has 2 saturated heterocycles. The monoisotopic (exact) mass is 384 g/mol. The Morgan fingerprint density at radius 3 is 2.63 bits per heavy atom. The summed E-state index contributed by atoms with van der Waals surface area (Å²) in [4.78, 5) is 30.1. The van der Waals surface area contributed by atoms with Gasteiger partial charge in [-0.05, 0) is 36.5 Å². The Kier molecular flexibility index (Phi) is 4.72. The van der Waals surface area contributed by atoms with Gasteiger partial charge in [0.1, 0.15) is 4.88 Å². The molecule has 2 aromatic rings. The summed E-state index contributed by atoms with van der Waals surface area (Å²) in [6.07, 6.45) is 0.510. The van der Waals surface area contributed by atoms with Gasteiger partial charge in [0.15, 0.2) is 0 Å². The van der Waals surface area contributed by atoms with Crippen LogP contribution >= 0.6 is 11.5 Å². The van der Waals surface area contributed by atoms with Crippen molar-refractivity contribution in [3.63, 3.8) is 0 Å². The molecular weight excluding hydrogens is 360 g/mol. The molecule has 142 valence electrons. The third kappa shape index (κ3) is 3.04. The molecule has 1 aromatic heterocycles. The highest BCUT2D eigenvalue weighted by molar-refractivity contribution is 7.07. The molecule has 0 aliphatic carbocycles. The Hall–Kier alpha value is -2.28. The summed E-state index contributed by atoms with van der Waals surface area (Å²) in [5.41, 5.74) is 3.10. The summed E-state index contributed by atoms with van der Waals surface area (Å²) in [5, 5.41) is 3.97. The van der Waals surface area contributed by atoms with Gasteiger partial charge in [0.25, 0.3) is 5.91 Å². The number of likely N-dealkylation sites (tertiary alicyclic amines) is 2. The van der Waals surface area contributed by atoms with Crippen LogP contribution in [0.1, 0.15) is 45.9 Å². The molecule has 0 spiro atoms. The summed E-state index contributed by atoms with van der Waals surface area (Å²) in [6, 6.07) is 8.33. The lowest BCUT2D eigenvalue weighted by Gasteiger charge is -2.30. The lowest BCUT2D eigenvalue weighted by molar-refractivity contribution is -0.132. The number of carbonyl (C=O) groups excluding carboxylic acids is 2. The fraction of sp³-hybridized carbons (Fsp3) is 0.500. The maximum atomic E-state index is 12.9. The topological polar surface area (TPSA) is 66.4 Å². The average Bonchev–Trinajstić information content (AvgIpc) is 3.35. The van der Waals surface area contributed by atoms with Crippen LogP contribution in [0.2, 0.25) is 0 Å². The average molecular weight is 385 g/mol. The Morgan fingerprint density at radius 2 is 1.96 bits per heavy atom. The van der Waals surface area contributed by atoms with Crippen LogP contribution in [0.15, 0.2) is 24.3 Å². The Morgan fingerprint density at radius 1 is 1.19 bits per heavy atom. The van der Waals surface area contributed by atoms with Crippen molar-refractivity contribution < 1.29 is 9.59 Å². The number of amides is 2. The van der Waals surface area contributed by atoms with Gasteiger partial charge >= 0.3 is 0 Å². The van der Waals surface area contributed by atoms with Crippen LogP contribution in [0.25, 0.3) is 0 Å². The van der Waals surface area contributed by atoms with Crippen molar-refractivity contribution >= 4 is 23.3 Å². The molecule has 27 heavy (non-hydrogen) atoms. The summed E-state index contributed by atoms with van der Waals surface area (Å²) in [6.45, 7) is 7.93. The number of aryl methyl sites for hydroxylation is 2. The predicted molar refractivity (Wildman–Crippen MR) is 103 cm³/mol. The van der Waals surface area contributed by atoms with Crippen molar-refractivity contribution in [3.8, 4) is 0 Å².